The van der Waals surface area contributed by atoms with E-state index in [0.717, 1.165) is 0 Å². The van der Waals surface area contributed by atoms with Crippen molar-refractivity contribution in [3.8, 4) is 0 Å². The van der Waals surface area contributed by atoms with Crippen molar-refractivity contribution in [2.45, 2.75) is 24.3 Å². The Kier molecular flexibility index (Phi) is 4.53. The summed E-state index contributed by atoms with van der Waals surface area (Å²) in [4.78, 5) is -0.0435. The van der Waals surface area contributed by atoms with Crippen molar-refractivity contribution in [1.82, 2.24) is 4.31 Å². The number of sulfonamides is 1. The summed E-state index contributed by atoms with van der Waals surface area (Å²) in [6.07, 6.45) is 0.308. The molecule has 6 nitrogen and oxygen atoms in total. The SMILES string of the molecule is CCN(C1CCS(=O)(=O)C1)S(=O)(=O)c1ccc(Cl)cc1N. The summed E-state index contributed by atoms with van der Waals surface area (Å²) in [5.41, 5.74) is 5.80. The van der Waals surface area contributed by atoms with Gasteiger partial charge in [-0.05, 0) is 24.6 Å². The van der Waals surface area contributed by atoms with Crippen LogP contribution in [0.25, 0.3) is 0 Å². The largest absolute Gasteiger partial charge is 0.398 e. The number of rotatable bonds is 4. The van der Waals surface area contributed by atoms with Gasteiger partial charge in [0.1, 0.15) is 4.90 Å². The third-order valence-corrected chi connectivity index (χ3v) is 7.57. The maximum Gasteiger partial charge on any atom is 0.245 e. The number of benzene rings is 1. The van der Waals surface area contributed by atoms with Gasteiger partial charge >= 0.3 is 0 Å². The standard InChI is InChI=1S/C12H17ClN2O4S2/c1-2-15(10-5-6-20(16,17)8-10)21(18,19)12-4-3-9(13)7-11(12)14/h3-4,7,10H,2,5-6,8,14H2,1H3. The molecular formula is C12H17ClN2O4S2. The number of anilines is 1. The van der Waals surface area contributed by atoms with Crippen molar-refractivity contribution in [2.24, 2.45) is 0 Å². The molecule has 1 aromatic rings. The van der Waals surface area contributed by atoms with Crippen LogP contribution >= 0.6 is 11.6 Å². The fourth-order valence-corrected chi connectivity index (χ4v) is 6.27. The van der Waals surface area contributed by atoms with E-state index in [1.54, 1.807) is 6.92 Å². The highest BCUT2D eigenvalue weighted by Crippen LogP contribution is 2.29. The Hall–Kier alpha value is -0.830. The molecule has 1 heterocycles. The van der Waals surface area contributed by atoms with Crippen LogP contribution in [0.1, 0.15) is 13.3 Å². The van der Waals surface area contributed by atoms with E-state index in [1.807, 2.05) is 0 Å². The average Bonchev–Trinajstić information content (AvgIpc) is 2.69. The Morgan fingerprint density at radius 3 is 2.57 bits per heavy atom. The van der Waals surface area contributed by atoms with Gasteiger partial charge in [-0.25, -0.2) is 16.8 Å². The summed E-state index contributed by atoms with van der Waals surface area (Å²) >= 11 is 5.78. The third kappa shape index (κ3) is 3.33. The Morgan fingerprint density at radius 1 is 1.43 bits per heavy atom. The van der Waals surface area contributed by atoms with Gasteiger partial charge in [-0.1, -0.05) is 18.5 Å². The Morgan fingerprint density at radius 2 is 2.10 bits per heavy atom. The minimum absolute atomic E-state index is 0.0137. The van der Waals surface area contributed by atoms with E-state index in [2.05, 4.69) is 0 Å². The van der Waals surface area contributed by atoms with Gasteiger partial charge in [-0.2, -0.15) is 4.31 Å². The molecule has 1 aliphatic rings. The molecule has 1 atom stereocenters. The van der Waals surface area contributed by atoms with Crippen molar-refractivity contribution in [2.75, 3.05) is 23.8 Å². The van der Waals surface area contributed by atoms with Crippen LogP contribution in [0.4, 0.5) is 5.69 Å². The molecule has 1 unspecified atom stereocenters. The molecule has 0 bridgehead atoms. The van der Waals surface area contributed by atoms with Crippen molar-refractivity contribution < 1.29 is 16.8 Å². The lowest BCUT2D eigenvalue weighted by atomic mass is 10.3. The Balaban J connectivity index is 2.41. The van der Waals surface area contributed by atoms with Crippen molar-refractivity contribution in [3.05, 3.63) is 23.2 Å². The van der Waals surface area contributed by atoms with Crippen LogP contribution in [0, 0.1) is 0 Å². The average molecular weight is 353 g/mol. The number of halogens is 1. The predicted molar refractivity (Wildman–Crippen MR) is 82.5 cm³/mol. The van der Waals surface area contributed by atoms with Crippen LogP contribution in [-0.4, -0.2) is 45.2 Å². The number of hydrogen-bond acceptors (Lipinski definition) is 5. The zero-order valence-corrected chi connectivity index (χ0v) is 13.9. The molecule has 118 valence electrons. The summed E-state index contributed by atoms with van der Waals surface area (Å²) in [5.74, 6) is -0.132. The van der Waals surface area contributed by atoms with E-state index in [9.17, 15) is 16.8 Å². The van der Waals surface area contributed by atoms with Gasteiger partial charge in [0.05, 0.1) is 17.2 Å². The number of nitrogens with two attached hydrogens (primary N) is 1. The maximum atomic E-state index is 12.7. The van der Waals surface area contributed by atoms with E-state index in [4.69, 9.17) is 17.3 Å². The number of nitrogens with zero attached hydrogens (tertiary/aromatic N) is 1. The highest BCUT2D eigenvalue weighted by molar-refractivity contribution is 7.92. The molecule has 2 rings (SSSR count). The van der Waals surface area contributed by atoms with Crippen molar-refractivity contribution >= 4 is 37.1 Å². The molecular weight excluding hydrogens is 336 g/mol. The normalized spacial score (nSPS) is 21.8. The van der Waals surface area contributed by atoms with E-state index in [1.165, 1.54) is 22.5 Å². The van der Waals surface area contributed by atoms with Crippen LogP contribution in [0.5, 0.6) is 0 Å². The van der Waals surface area contributed by atoms with E-state index in [0.29, 0.717) is 11.4 Å². The maximum absolute atomic E-state index is 12.7. The first-order chi connectivity index (χ1) is 9.67. The number of hydrogen-bond donors (Lipinski definition) is 1. The molecule has 0 aliphatic carbocycles. The molecule has 21 heavy (non-hydrogen) atoms. The second-order valence-electron chi connectivity index (χ2n) is 4.95. The van der Waals surface area contributed by atoms with Crippen LogP contribution in [0.2, 0.25) is 5.02 Å². The number of sulfone groups is 1. The van der Waals surface area contributed by atoms with Gasteiger partial charge in [-0.15, -0.1) is 0 Å². The van der Waals surface area contributed by atoms with Gasteiger partial charge in [0.15, 0.2) is 9.84 Å². The zero-order valence-electron chi connectivity index (χ0n) is 11.5. The predicted octanol–water partition coefficient (Wildman–Crippen LogP) is 1.12. The van der Waals surface area contributed by atoms with E-state index < -0.39 is 25.9 Å². The molecule has 0 spiro atoms. The van der Waals surface area contributed by atoms with E-state index in [-0.39, 0.29) is 28.6 Å². The fraction of sp³-hybridized carbons (Fsp3) is 0.500. The van der Waals surface area contributed by atoms with E-state index >= 15 is 0 Å². The molecule has 0 amide bonds. The lowest BCUT2D eigenvalue weighted by Gasteiger charge is -2.26. The topological polar surface area (TPSA) is 97.5 Å². The summed E-state index contributed by atoms with van der Waals surface area (Å²) in [6.45, 7) is 1.86. The quantitative estimate of drug-likeness (QED) is 0.819. The first-order valence-corrected chi connectivity index (χ1v) is 10.1. The van der Waals surface area contributed by atoms with Gasteiger partial charge < -0.3 is 5.73 Å². The Bertz CT molecular complexity index is 747. The Labute approximate surface area is 129 Å². The lowest BCUT2D eigenvalue weighted by Crippen LogP contribution is -2.41. The second kappa shape index (κ2) is 5.75. The first-order valence-electron chi connectivity index (χ1n) is 6.44. The van der Waals surface area contributed by atoms with Crippen LogP contribution in [0.3, 0.4) is 0 Å². The number of nitrogen functional groups attached to an aromatic ring is 1. The smallest absolute Gasteiger partial charge is 0.245 e. The highest BCUT2D eigenvalue weighted by Gasteiger charge is 2.38. The molecule has 0 aromatic heterocycles. The first kappa shape index (κ1) is 16.5. The molecule has 1 fully saturated rings. The van der Waals surface area contributed by atoms with Gasteiger partial charge in [0.25, 0.3) is 0 Å². The summed E-state index contributed by atoms with van der Waals surface area (Å²) < 4.78 is 49.8. The minimum atomic E-state index is -3.85. The summed E-state index contributed by atoms with van der Waals surface area (Å²) in [5, 5.41) is 0.345. The van der Waals surface area contributed by atoms with Gasteiger partial charge in [0, 0.05) is 17.6 Å². The van der Waals surface area contributed by atoms with Crippen molar-refractivity contribution in [1.29, 1.82) is 0 Å². The lowest BCUT2D eigenvalue weighted by molar-refractivity contribution is 0.354. The highest BCUT2D eigenvalue weighted by atomic mass is 35.5. The molecule has 0 saturated carbocycles. The summed E-state index contributed by atoms with van der Waals surface area (Å²) in [6, 6.07) is 3.62. The van der Waals surface area contributed by atoms with Crippen LogP contribution in [-0.2, 0) is 19.9 Å². The fourth-order valence-electron chi connectivity index (χ4n) is 2.51. The van der Waals surface area contributed by atoms with Gasteiger partial charge in [0.2, 0.25) is 10.0 Å². The monoisotopic (exact) mass is 352 g/mol. The molecule has 1 saturated heterocycles. The van der Waals surface area contributed by atoms with Crippen LogP contribution < -0.4 is 5.73 Å². The molecule has 2 N–H and O–H groups in total. The molecule has 0 radical (unpaired) electrons. The van der Waals surface area contributed by atoms with Crippen molar-refractivity contribution in [3.63, 3.8) is 0 Å². The van der Waals surface area contributed by atoms with Crippen LogP contribution in [0.15, 0.2) is 23.1 Å². The minimum Gasteiger partial charge on any atom is -0.398 e. The third-order valence-electron chi connectivity index (χ3n) is 3.49. The second-order valence-corrected chi connectivity index (χ2v) is 9.47. The van der Waals surface area contributed by atoms with Gasteiger partial charge in [-0.3, -0.25) is 0 Å². The summed E-state index contributed by atoms with van der Waals surface area (Å²) in [7, 11) is -7.02. The molecule has 1 aliphatic heterocycles. The molecule has 1 aromatic carbocycles. The molecule has 9 heteroatoms. The zero-order chi connectivity index (χ0) is 15.8.